The molecule has 1 rings (SSSR count). The summed E-state index contributed by atoms with van der Waals surface area (Å²) in [5, 5.41) is 19.6. The number of nitro groups is 1. The Bertz CT molecular complexity index is 542. The minimum absolute atomic E-state index is 0.00366. The van der Waals surface area contributed by atoms with Crippen LogP contribution in [0.5, 0.6) is 5.75 Å². The van der Waals surface area contributed by atoms with E-state index in [4.69, 9.17) is 16.3 Å². The van der Waals surface area contributed by atoms with Crippen molar-refractivity contribution in [3.05, 3.63) is 33.9 Å². The van der Waals surface area contributed by atoms with Gasteiger partial charge in [-0.2, -0.15) is 0 Å². The minimum Gasteiger partial charge on any atom is -0.478 e. The molecule has 0 heterocycles. The Labute approximate surface area is 103 Å². The summed E-state index contributed by atoms with van der Waals surface area (Å²) in [4.78, 5) is 20.9. The lowest BCUT2D eigenvalue weighted by atomic mass is 10.1. The van der Waals surface area contributed by atoms with Crippen LogP contribution in [0.2, 0.25) is 0 Å². The van der Waals surface area contributed by atoms with Gasteiger partial charge in [-0.3, -0.25) is 10.1 Å². The fourth-order valence-corrected chi connectivity index (χ4v) is 1.19. The Morgan fingerprint density at radius 1 is 1.56 bits per heavy atom. The molecule has 94 valence electrons. The molecule has 6 heteroatoms. The Hall–Kier alpha value is -2.55. The average Bonchev–Trinajstić information content (AvgIpc) is 2.28. The molecule has 0 fully saturated rings. The van der Waals surface area contributed by atoms with Crippen LogP contribution in [0.15, 0.2) is 18.2 Å². The number of hydrogen-bond donors (Lipinski definition) is 1. The van der Waals surface area contributed by atoms with Gasteiger partial charge in [-0.15, -0.1) is 6.42 Å². The third-order valence-electron chi connectivity index (χ3n) is 2.12. The van der Waals surface area contributed by atoms with Gasteiger partial charge in [0.05, 0.1) is 4.92 Å². The number of terminal acetylenes is 1. The number of benzene rings is 1. The quantitative estimate of drug-likeness (QED) is 0.501. The Morgan fingerprint density at radius 3 is 2.61 bits per heavy atom. The van der Waals surface area contributed by atoms with E-state index in [2.05, 4.69) is 5.92 Å². The molecule has 0 atom stereocenters. The Kier molecular flexibility index (Phi) is 3.57. The molecule has 6 nitrogen and oxygen atoms in total. The topological polar surface area (TPSA) is 89.7 Å². The Morgan fingerprint density at radius 2 is 2.17 bits per heavy atom. The molecule has 0 saturated heterocycles. The van der Waals surface area contributed by atoms with Crippen LogP contribution in [0.4, 0.5) is 5.69 Å². The first kappa shape index (κ1) is 13.5. The van der Waals surface area contributed by atoms with Gasteiger partial charge in [-0.25, -0.2) is 4.79 Å². The first-order valence-corrected chi connectivity index (χ1v) is 4.95. The van der Waals surface area contributed by atoms with E-state index in [-0.39, 0.29) is 17.0 Å². The monoisotopic (exact) mass is 249 g/mol. The van der Waals surface area contributed by atoms with Crippen molar-refractivity contribution in [2.45, 2.75) is 19.4 Å². The zero-order chi connectivity index (χ0) is 13.9. The lowest BCUT2D eigenvalue weighted by molar-refractivity contribution is -0.384. The van der Waals surface area contributed by atoms with Gasteiger partial charge in [0.1, 0.15) is 11.3 Å². The van der Waals surface area contributed by atoms with E-state index < -0.39 is 16.5 Å². The number of carboxylic acids is 1. The van der Waals surface area contributed by atoms with Gasteiger partial charge in [0, 0.05) is 12.1 Å². The molecular weight excluding hydrogens is 238 g/mol. The summed E-state index contributed by atoms with van der Waals surface area (Å²) < 4.78 is 5.34. The summed E-state index contributed by atoms with van der Waals surface area (Å²) in [5.74, 6) is 1.02. The second-order valence-electron chi connectivity index (χ2n) is 4.00. The van der Waals surface area contributed by atoms with Crippen molar-refractivity contribution in [1.29, 1.82) is 0 Å². The normalized spacial score (nSPS) is 10.5. The fraction of sp³-hybridized carbons (Fsp3) is 0.250. The second kappa shape index (κ2) is 4.75. The average molecular weight is 249 g/mol. The maximum atomic E-state index is 11.0. The molecule has 0 aromatic heterocycles. The van der Waals surface area contributed by atoms with E-state index in [0.29, 0.717) is 0 Å². The molecule has 0 aliphatic rings. The zero-order valence-electron chi connectivity index (χ0n) is 9.84. The highest BCUT2D eigenvalue weighted by atomic mass is 16.6. The van der Waals surface area contributed by atoms with Crippen molar-refractivity contribution in [1.82, 2.24) is 0 Å². The van der Waals surface area contributed by atoms with E-state index >= 15 is 0 Å². The molecule has 0 aliphatic carbocycles. The summed E-state index contributed by atoms with van der Waals surface area (Å²) in [7, 11) is 0. The number of carbonyl (C=O) groups is 1. The molecule has 1 N–H and O–H groups in total. The maximum Gasteiger partial charge on any atom is 0.339 e. The first-order chi connectivity index (χ1) is 8.26. The van der Waals surface area contributed by atoms with Crippen LogP contribution < -0.4 is 4.74 Å². The first-order valence-electron chi connectivity index (χ1n) is 4.95. The highest BCUT2D eigenvalue weighted by Crippen LogP contribution is 2.27. The molecule has 0 bridgehead atoms. The largest absolute Gasteiger partial charge is 0.478 e. The second-order valence-corrected chi connectivity index (χ2v) is 4.00. The summed E-state index contributed by atoms with van der Waals surface area (Å²) in [5.41, 5.74) is -1.62. The van der Waals surface area contributed by atoms with Crippen molar-refractivity contribution in [3.8, 4) is 18.1 Å². The molecule has 1 aromatic carbocycles. The maximum absolute atomic E-state index is 11.0. The Balaban J connectivity index is 3.25. The molecule has 0 aliphatic heterocycles. The van der Waals surface area contributed by atoms with E-state index in [1.165, 1.54) is 6.07 Å². The van der Waals surface area contributed by atoms with Gasteiger partial charge >= 0.3 is 5.97 Å². The van der Waals surface area contributed by atoms with Crippen LogP contribution in [0, 0.1) is 22.5 Å². The van der Waals surface area contributed by atoms with Crippen molar-refractivity contribution in [2.24, 2.45) is 0 Å². The lowest BCUT2D eigenvalue weighted by Gasteiger charge is -2.21. The van der Waals surface area contributed by atoms with Crippen molar-refractivity contribution in [2.75, 3.05) is 0 Å². The van der Waals surface area contributed by atoms with Crippen molar-refractivity contribution in [3.63, 3.8) is 0 Å². The summed E-state index contributed by atoms with van der Waals surface area (Å²) in [6.07, 6.45) is 5.23. The van der Waals surface area contributed by atoms with E-state index in [9.17, 15) is 14.9 Å². The van der Waals surface area contributed by atoms with Gasteiger partial charge in [-0.05, 0) is 19.9 Å². The van der Waals surface area contributed by atoms with Gasteiger partial charge in [0.2, 0.25) is 0 Å². The molecule has 0 amide bonds. The smallest absolute Gasteiger partial charge is 0.339 e. The van der Waals surface area contributed by atoms with Crippen molar-refractivity contribution < 1.29 is 19.6 Å². The van der Waals surface area contributed by atoms with Crippen LogP contribution in [-0.2, 0) is 0 Å². The highest BCUT2D eigenvalue weighted by Gasteiger charge is 2.22. The number of aromatic carboxylic acids is 1. The number of nitrogens with zero attached hydrogens (tertiary/aromatic N) is 1. The van der Waals surface area contributed by atoms with Gasteiger partial charge < -0.3 is 9.84 Å². The van der Waals surface area contributed by atoms with E-state index in [1.807, 2.05) is 0 Å². The number of ether oxygens (including phenoxy) is 1. The molecule has 1 aromatic rings. The van der Waals surface area contributed by atoms with E-state index in [0.717, 1.165) is 12.1 Å². The standard InChI is InChI=1S/C12H11NO5/c1-4-12(2,3)18-10-6-5-8(13(16)17)7-9(10)11(14)15/h1,5-7H,2-3H3,(H,14,15). The fourth-order valence-electron chi connectivity index (χ4n) is 1.19. The predicted octanol–water partition coefficient (Wildman–Crippen LogP) is 2.08. The molecule has 0 unspecified atom stereocenters. The predicted molar refractivity (Wildman–Crippen MR) is 63.6 cm³/mol. The number of carboxylic acid groups (broad SMARTS) is 1. The molecule has 0 saturated carbocycles. The zero-order valence-corrected chi connectivity index (χ0v) is 9.84. The van der Waals surface area contributed by atoms with Crippen LogP contribution in [0.1, 0.15) is 24.2 Å². The van der Waals surface area contributed by atoms with Gasteiger partial charge in [0.25, 0.3) is 5.69 Å². The molecular formula is C12H11NO5. The summed E-state index contributed by atoms with van der Waals surface area (Å²) in [6.45, 7) is 3.17. The van der Waals surface area contributed by atoms with Crippen molar-refractivity contribution >= 4 is 11.7 Å². The molecule has 0 radical (unpaired) electrons. The number of rotatable bonds is 4. The van der Waals surface area contributed by atoms with E-state index in [1.54, 1.807) is 13.8 Å². The van der Waals surface area contributed by atoms with Crippen LogP contribution in [-0.4, -0.2) is 21.6 Å². The third kappa shape index (κ3) is 2.98. The number of nitro benzene ring substituents is 1. The van der Waals surface area contributed by atoms with Crippen LogP contribution >= 0.6 is 0 Å². The van der Waals surface area contributed by atoms with Gasteiger partial charge in [0.15, 0.2) is 5.60 Å². The highest BCUT2D eigenvalue weighted by molar-refractivity contribution is 5.91. The number of hydrogen-bond acceptors (Lipinski definition) is 4. The summed E-state index contributed by atoms with van der Waals surface area (Å²) >= 11 is 0. The number of non-ortho nitro benzene ring substituents is 1. The van der Waals surface area contributed by atoms with Gasteiger partial charge in [-0.1, -0.05) is 5.92 Å². The summed E-state index contributed by atoms with van der Waals surface area (Å²) in [6, 6.07) is 3.32. The minimum atomic E-state index is -1.32. The molecule has 0 spiro atoms. The van der Waals surface area contributed by atoms with Crippen LogP contribution in [0.25, 0.3) is 0 Å². The molecule has 18 heavy (non-hydrogen) atoms. The SMILES string of the molecule is C#CC(C)(C)Oc1ccc([N+](=O)[O-])cc1C(=O)O. The van der Waals surface area contributed by atoms with Crippen LogP contribution in [0.3, 0.4) is 0 Å². The lowest BCUT2D eigenvalue weighted by Crippen LogP contribution is -2.26. The third-order valence-corrected chi connectivity index (χ3v) is 2.12.